The second-order valence-corrected chi connectivity index (χ2v) is 5.73. The molecule has 1 nitrogen and oxygen atoms in total. The van der Waals surface area contributed by atoms with Gasteiger partial charge in [-0.15, -0.1) is 0 Å². The molecule has 0 fully saturated rings. The van der Waals surface area contributed by atoms with Crippen LogP contribution in [0.2, 0.25) is 5.02 Å². The van der Waals surface area contributed by atoms with E-state index in [1.54, 1.807) is 13.0 Å². The molecule has 0 aliphatic heterocycles. The molecule has 0 aromatic heterocycles. The number of rotatable bonds is 2. The lowest BCUT2D eigenvalue weighted by molar-refractivity contribution is 0.220. The number of aryl methyl sites for hydroxylation is 1. The van der Waals surface area contributed by atoms with E-state index in [0.29, 0.717) is 11.1 Å². The Hall–Kier alpha value is -0.650. The molecule has 0 radical (unpaired) electrons. The van der Waals surface area contributed by atoms with Crippen LogP contribution in [0.3, 0.4) is 0 Å². The van der Waals surface area contributed by atoms with Crippen molar-refractivity contribution in [3.8, 4) is 0 Å². The molecule has 0 saturated heterocycles. The zero-order valence-electron chi connectivity index (χ0n) is 9.62. The zero-order chi connectivity index (χ0) is 13.3. The maximum Gasteiger partial charge on any atom is 0.127 e. The minimum absolute atomic E-state index is 0.240. The van der Waals surface area contributed by atoms with Crippen LogP contribution in [-0.4, -0.2) is 5.11 Å². The third kappa shape index (κ3) is 2.84. The number of aliphatic hydroxyl groups excluding tert-OH is 1. The van der Waals surface area contributed by atoms with E-state index in [0.717, 1.165) is 9.13 Å². The minimum atomic E-state index is -0.839. The monoisotopic (exact) mass is 376 g/mol. The second kappa shape index (κ2) is 5.55. The summed E-state index contributed by atoms with van der Waals surface area (Å²) < 4.78 is 14.4. The summed E-state index contributed by atoms with van der Waals surface area (Å²) in [6, 6.07) is 10.3. The molecule has 0 bridgehead atoms. The minimum Gasteiger partial charge on any atom is -0.384 e. The van der Waals surface area contributed by atoms with Crippen LogP contribution in [-0.2, 0) is 0 Å². The topological polar surface area (TPSA) is 20.2 Å². The van der Waals surface area contributed by atoms with E-state index in [1.165, 1.54) is 6.07 Å². The first-order valence-corrected chi connectivity index (χ1v) is 6.84. The van der Waals surface area contributed by atoms with Crippen LogP contribution in [0.15, 0.2) is 36.4 Å². The molecule has 2 rings (SSSR count). The lowest BCUT2D eigenvalue weighted by Gasteiger charge is -2.14. The Kier molecular flexibility index (Phi) is 4.25. The summed E-state index contributed by atoms with van der Waals surface area (Å²) in [7, 11) is 0. The van der Waals surface area contributed by atoms with Gasteiger partial charge in [0.1, 0.15) is 11.9 Å². The molecule has 1 unspecified atom stereocenters. The predicted octanol–water partition coefficient (Wildman–Crippen LogP) is 4.47. The number of halogens is 3. The van der Waals surface area contributed by atoms with Crippen molar-refractivity contribution in [2.45, 2.75) is 13.0 Å². The van der Waals surface area contributed by atoms with Crippen molar-refractivity contribution >= 4 is 34.2 Å². The molecule has 2 aromatic carbocycles. The van der Waals surface area contributed by atoms with Crippen LogP contribution in [0.25, 0.3) is 0 Å². The molecule has 0 amide bonds. The molecule has 4 heteroatoms. The molecule has 94 valence electrons. The summed E-state index contributed by atoms with van der Waals surface area (Å²) >= 11 is 8.17. The van der Waals surface area contributed by atoms with Gasteiger partial charge in [-0.05, 0) is 64.9 Å². The van der Waals surface area contributed by atoms with Crippen LogP contribution < -0.4 is 0 Å². The van der Waals surface area contributed by atoms with E-state index in [1.807, 2.05) is 24.3 Å². The number of aliphatic hydroxyl groups is 1. The highest BCUT2D eigenvalue weighted by molar-refractivity contribution is 14.1. The summed E-state index contributed by atoms with van der Waals surface area (Å²) in [4.78, 5) is 0. The molecule has 2 aromatic rings. The first kappa shape index (κ1) is 13.8. The van der Waals surface area contributed by atoms with Gasteiger partial charge in [-0.2, -0.15) is 0 Å². The van der Waals surface area contributed by atoms with Gasteiger partial charge in [0.05, 0.1) is 0 Å². The van der Waals surface area contributed by atoms with Crippen molar-refractivity contribution in [2.24, 2.45) is 0 Å². The first-order chi connectivity index (χ1) is 8.49. The summed E-state index contributed by atoms with van der Waals surface area (Å²) in [5.41, 5.74) is 1.74. The quantitative estimate of drug-likeness (QED) is 0.767. The van der Waals surface area contributed by atoms with Crippen molar-refractivity contribution in [1.82, 2.24) is 0 Å². The molecule has 1 N–H and O–H groups in total. The lowest BCUT2D eigenvalue weighted by atomic mass is 10.00. The fourth-order valence-corrected chi connectivity index (χ4v) is 2.33. The molecule has 0 aliphatic rings. The van der Waals surface area contributed by atoms with Crippen molar-refractivity contribution in [3.05, 3.63) is 67.5 Å². The van der Waals surface area contributed by atoms with E-state index in [4.69, 9.17) is 11.6 Å². The molecule has 18 heavy (non-hydrogen) atoms. The van der Waals surface area contributed by atoms with E-state index in [-0.39, 0.29) is 10.8 Å². The third-order valence-electron chi connectivity index (χ3n) is 2.76. The first-order valence-electron chi connectivity index (χ1n) is 5.38. The van der Waals surface area contributed by atoms with Crippen LogP contribution in [0, 0.1) is 16.3 Å². The van der Waals surface area contributed by atoms with E-state index in [2.05, 4.69) is 22.6 Å². The SMILES string of the molecule is Cc1cc(C(O)c2ccc(I)cc2)c(Cl)cc1F. The standard InChI is InChI=1S/C14H11ClFIO/c1-8-6-11(12(15)7-13(8)16)14(18)9-2-4-10(17)5-3-9/h2-7,14,18H,1H3. The maximum absolute atomic E-state index is 13.3. The van der Waals surface area contributed by atoms with E-state index < -0.39 is 6.10 Å². The van der Waals surface area contributed by atoms with Gasteiger partial charge in [0, 0.05) is 14.2 Å². The smallest absolute Gasteiger partial charge is 0.127 e. The molecular weight excluding hydrogens is 366 g/mol. The molecular formula is C14H11ClFIO. The van der Waals surface area contributed by atoms with Crippen molar-refractivity contribution in [3.63, 3.8) is 0 Å². The number of benzene rings is 2. The second-order valence-electron chi connectivity index (χ2n) is 4.08. The average molecular weight is 377 g/mol. The van der Waals surface area contributed by atoms with Crippen LogP contribution in [0.4, 0.5) is 4.39 Å². The van der Waals surface area contributed by atoms with Gasteiger partial charge in [0.2, 0.25) is 0 Å². The molecule has 0 saturated carbocycles. The van der Waals surface area contributed by atoms with Gasteiger partial charge in [-0.1, -0.05) is 23.7 Å². The fourth-order valence-electron chi connectivity index (χ4n) is 1.71. The van der Waals surface area contributed by atoms with Crippen molar-refractivity contribution in [1.29, 1.82) is 0 Å². The highest BCUT2D eigenvalue weighted by Gasteiger charge is 2.15. The fraction of sp³-hybridized carbons (Fsp3) is 0.143. The predicted molar refractivity (Wildman–Crippen MR) is 79.4 cm³/mol. The summed E-state index contributed by atoms with van der Waals surface area (Å²) in [6.07, 6.45) is -0.839. The van der Waals surface area contributed by atoms with Gasteiger partial charge in [0.15, 0.2) is 0 Å². The van der Waals surface area contributed by atoms with Crippen LogP contribution >= 0.6 is 34.2 Å². The Labute approximate surface area is 124 Å². The zero-order valence-corrected chi connectivity index (χ0v) is 12.5. The Morgan fingerprint density at radius 1 is 1.22 bits per heavy atom. The Bertz CT molecular complexity index is 569. The highest BCUT2D eigenvalue weighted by Crippen LogP contribution is 2.30. The van der Waals surface area contributed by atoms with Gasteiger partial charge >= 0.3 is 0 Å². The van der Waals surface area contributed by atoms with Crippen molar-refractivity contribution < 1.29 is 9.50 Å². The van der Waals surface area contributed by atoms with Crippen LogP contribution in [0.5, 0.6) is 0 Å². The van der Waals surface area contributed by atoms with Gasteiger partial charge in [-0.3, -0.25) is 0 Å². The molecule has 0 aliphatic carbocycles. The van der Waals surface area contributed by atoms with Gasteiger partial charge in [0.25, 0.3) is 0 Å². The molecule has 0 spiro atoms. The van der Waals surface area contributed by atoms with Crippen LogP contribution in [0.1, 0.15) is 22.8 Å². The molecule has 0 heterocycles. The number of hydrogen-bond donors (Lipinski definition) is 1. The Morgan fingerprint density at radius 2 is 1.83 bits per heavy atom. The van der Waals surface area contributed by atoms with E-state index in [9.17, 15) is 9.50 Å². The summed E-state index contributed by atoms with van der Waals surface area (Å²) in [5.74, 6) is -0.362. The number of hydrogen-bond acceptors (Lipinski definition) is 1. The highest BCUT2D eigenvalue weighted by atomic mass is 127. The summed E-state index contributed by atoms with van der Waals surface area (Å²) in [5, 5.41) is 10.5. The largest absolute Gasteiger partial charge is 0.384 e. The maximum atomic E-state index is 13.3. The normalized spacial score (nSPS) is 12.5. The Balaban J connectivity index is 2.42. The van der Waals surface area contributed by atoms with E-state index >= 15 is 0 Å². The average Bonchev–Trinajstić information content (AvgIpc) is 2.34. The third-order valence-corrected chi connectivity index (χ3v) is 3.80. The van der Waals surface area contributed by atoms with Gasteiger partial charge in [-0.25, -0.2) is 4.39 Å². The Morgan fingerprint density at radius 3 is 2.44 bits per heavy atom. The van der Waals surface area contributed by atoms with Crippen molar-refractivity contribution in [2.75, 3.05) is 0 Å². The van der Waals surface area contributed by atoms with Gasteiger partial charge < -0.3 is 5.11 Å². The lowest BCUT2D eigenvalue weighted by Crippen LogP contribution is -2.02. The molecule has 1 atom stereocenters. The summed E-state index contributed by atoms with van der Waals surface area (Å²) in [6.45, 7) is 1.65.